The molecule has 3 heteroatoms. The van der Waals surface area contributed by atoms with Gasteiger partial charge in [-0.2, -0.15) is 0 Å². The fourth-order valence-electron chi connectivity index (χ4n) is 3.81. The Morgan fingerprint density at radius 1 is 0.897 bits per heavy atom. The van der Waals surface area contributed by atoms with Crippen molar-refractivity contribution in [2.75, 3.05) is 22.1 Å². The molecular formula is C26H22N3+. The first-order chi connectivity index (χ1) is 14.3. The molecule has 0 unspecified atom stereocenters. The molecule has 0 saturated heterocycles. The average Bonchev–Trinajstić information content (AvgIpc) is 2.78. The monoisotopic (exact) mass is 376 g/mol. The van der Waals surface area contributed by atoms with Gasteiger partial charge in [0, 0.05) is 24.4 Å². The van der Waals surface area contributed by atoms with E-state index in [0.717, 1.165) is 51.8 Å². The Kier molecular flexibility index (Phi) is 4.36. The molecule has 3 aromatic carbocycles. The lowest BCUT2D eigenvalue weighted by molar-refractivity contribution is 1.13. The van der Waals surface area contributed by atoms with Gasteiger partial charge in [-0.15, -0.1) is 0 Å². The highest BCUT2D eigenvalue weighted by Crippen LogP contribution is 2.44. The van der Waals surface area contributed by atoms with E-state index in [1.54, 1.807) is 0 Å². The van der Waals surface area contributed by atoms with Crippen LogP contribution in [0.25, 0.3) is 5.57 Å². The molecule has 2 aliphatic rings. The van der Waals surface area contributed by atoms with Gasteiger partial charge in [0.15, 0.2) is 11.3 Å². The molecule has 1 aliphatic heterocycles. The first kappa shape index (κ1) is 17.3. The van der Waals surface area contributed by atoms with Crippen molar-refractivity contribution in [3.63, 3.8) is 0 Å². The zero-order valence-corrected chi connectivity index (χ0v) is 16.3. The maximum Gasteiger partial charge on any atom is 0.202 e. The molecule has 140 valence electrons. The van der Waals surface area contributed by atoms with Crippen molar-refractivity contribution in [2.24, 2.45) is 0 Å². The summed E-state index contributed by atoms with van der Waals surface area (Å²) < 4.78 is 0. The molecule has 0 atom stereocenters. The van der Waals surface area contributed by atoms with Gasteiger partial charge in [0.1, 0.15) is 0 Å². The summed E-state index contributed by atoms with van der Waals surface area (Å²) in [5, 5.41) is 7.02. The van der Waals surface area contributed by atoms with E-state index >= 15 is 0 Å². The number of fused-ring (bicyclic) bond motifs is 1. The highest BCUT2D eigenvalue weighted by Gasteiger charge is 2.32. The Balaban J connectivity index is 1.65. The molecule has 2 N–H and O–H groups in total. The van der Waals surface area contributed by atoms with Crippen LogP contribution >= 0.6 is 0 Å². The fourth-order valence-corrected chi connectivity index (χ4v) is 3.81. The molecule has 0 fully saturated rings. The van der Waals surface area contributed by atoms with Crippen molar-refractivity contribution in [3.8, 4) is 0 Å². The summed E-state index contributed by atoms with van der Waals surface area (Å²) >= 11 is 0. The summed E-state index contributed by atoms with van der Waals surface area (Å²) in [6.45, 7) is 3.00. The molecule has 29 heavy (non-hydrogen) atoms. The van der Waals surface area contributed by atoms with Crippen molar-refractivity contribution in [2.45, 2.75) is 6.92 Å². The van der Waals surface area contributed by atoms with Gasteiger partial charge in [0.2, 0.25) is 5.70 Å². The zero-order chi connectivity index (χ0) is 19.6. The van der Waals surface area contributed by atoms with Crippen molar-refractivity contribution < 1.29 is 0 Å². The van der Waals surface area contributed by atoms with Gasteiger partial charge in [-0.05, 0) is 49.4 Å². The van der Waals surface area contributed by atoms with Gasteiger partial charge in [-0.25, -0.2) is 0 Å². The second-order valence-corrected chi connectivity index (χ2v) is 7.06. The largest absolute Gasteiger partial charge is 0.385 e. The van der Waals surface area contributed by atoms with Crippen molar-refractivity contribution in [3.05, 3.63) is 114 Å². The number of hydrogen-bond donors (Lipinski definition) is 2. The van der Waals surface area contributed by atoms with Crippen molar-refractivity contribution in [1.82, 2.24) is 0 Å². The Bertz CT molecular complexity index is 1130. The highest BCUT2D eigenvalue weighted by atomic mass is 15.2. The lowest BCUT2D eigenvalue weighted by Gasteiger charge is -2.31. The Morgan fingerprint density at radius 3 is 2.41 bits per heavy atom. The quantitative estimate of drug-likeness (QED) is 0.520. The topological polar surface area (TPSA) is 27.3 Å². The third kappa shape index (κ3) is 3.18. The number of rotatable bonds is 4. The molecule has 0 saturated carbocycles. The van der Waals surface area contributed by atoms with E-state index in [4.69, 9.17) is 0 Å². The Labute approximate surface area is 171 Å². The molecule has 5 rings (SSSR count). The number of nitrogens with one attached hydrogen (secondary N) is 2. The summed E-state index contributed by atoms with van der Waals surface area (Å²) in [6.07, 6.45) is 7.91. The molecule has 1 heterocycles. The minimum absolute atomic E-state index is 0.891. The van der Waals surface area contributed by atoms with Crippen molar-refractivity contribution in [1.29, 1.82) is 0 Å². The van der Waals surface area contributed by atoms with E-state index in [1.165, 1.54) is 0 Å². The molecule has 1 aliphatic carbocycles. The van der Waals surface area contributed by atoms with E-state index in [0.29, 0.717) is 0 Å². The SMILES string of the molecule is CCNc1ccc2c(c1)N(c1ccccc1)C1=C([C+]=C(c3ccccc3)C=C1)N2. The van der Waals surface area contributed by atoms with Crippen molar-refractivity contribution >= 4 is 28.3 Å². The summed E-state index contributed by atoms with van der Waals surface area (Å²) in [5.74, 6) is 0. The van der Waals surface area contributed by atoms with Crippen LogP contribution in [0.15, 0.2) is 102 Å². The second kappa shape index (κ2) is 7.31. The van der Waals surface area contributed by atoms with Crippen LogP contribution in [-0.4, -0.2) is 6.54 Å². The minimum Gasteiger partial charge on any atom is -0.385 e. The average molecular weight is 376 g/mol. The molecule has 0 bridgehead atoms. The number of anilines is 4. The van der Waals surface area contributed by atoms with Crippen LogP contribution in [0.3, 0.4) is 0 Å². The maximum atomic E-state index is 3.59. The zero-order valence-electron chi connectivity index (χ0n) is 16.3. The summed E-state index contributed by atoms with van der Waals surface area (Å²) in [5.41, 5.74) is 8.77. The van der Waals surface area contributed by atoms with Crippen LogP contribution < -0.4 is 15.5 Å². The molecule has 0 aromatic heterocycles. The first-order valence-corrected chi connectivity index (χ1v) is 9.95. The normalized spacial score (nSPS) is 14.4. The van der Waals surface area contributed by atoms with Gasteiger partial charge in [0.25, 0.3) is 0 Å². The minimum atomic E-state index is 0.891. The molecular weight excluding hydrogens is 354 g/mol. The molecule has 0 radical (unpaired) electrons. The number of benzene rings is 3. The van der Waals surface area contributed by atoms with Crippen LogP contribution in [0.2, 0.25) is 0 Å². The third-order valence-electron chi connectivity index (χ3n) is 5.14. The van der Waals surface area contributed by atoms with Gasteiger partial charge in [-0.1, -0.05) is 36.4 Å². The number of para-hydroxylation sites is 1. The van der Waals surface area contributed by atoms with Crippen LogP contribution in [-0.2, 0) is 0 Å². The van der Waals surface area contributed by atoms with E-state index in [2.05, 4.69) is 107 Å². The van der Waals surface area contributed by atoms with Crippen LogP contribution in [0.5, 0.6) is 0 Å². The summed E-state index contributed by atoms with van der Waals surface area (Å²) in [6, 6.07) is 27.3. The number of nitrogens with zero attached hydrogens (tertiary/aromatic N) is 1. The molecule has 3 nitrogen and oxygen atoms in total. The fraction of sp³-hybridized carbons (Fsp3) is 0.0769. The lowest BCUT2D eigenvalue weighted by Crippen LogP contribution is -2.26. The van der Waals surface area contributed by atoms with E-state index < -0.39 is 0 Å². The number of allylic oxidation sites excluding steroid dienone is 4. The van der Waals surface area contributed by atoms with E-state index in [1.807, 2.05) is 12.1 Å². The summed E-state index contributed by atoms with van der Waals surface area (Å²) in [7, 11) is 0. The lowest BCUT2D eigenvalue weighted by atomic mass is 9.97. The van der Waals surface area contributed by atoms with Gasteiger partial charge < -0.3 is 10.6 Å². The number of hydrogen-bond acceptors (Lipinski definition) is 3. The predicted octanol–water partition coefficient (Wildman–Crippen LogP) is 6.35. The maximum absolute atomic E-state index is 3.59. The predicted molar refractivity (Wildman–Crippen MR) is 122 cm³/mol. The molecule has 3 aromatic rings. The third-order valence-corrected chi connectivity index (χ3v) is 5.14. The van der Waals surface area contributed by atoms with Gasteiger partial charge in [0.05, 0.1) is 28.7 Å². The first-order valence-electron chi connectivity index (χ1n) is 9.95. The van der Waals surface area contributed by atoms with E-state index in [9.17, 15) is 0 Å². The highest BCUT2D eigenvalue weighted by molar-refractivity contribution is 5.90. The van der Waals surface area contributed by atoms with Gasteiger partial charge in [-0.3, -0.25) is 4.90 Å². The Hall–Kier alpha value is -3.81. The summed E-state index contributed by atoms with van der Waals surface area (Å²) in [4.78, 5) is 2.30. The van der Waals surface area contributed by atoms with E-state index in [-0.39, 0.29) is 0 Å². The smallest absolute Gasteiger partial charge is 0.202 e. The van der Waals surface area contributed by atoms with Crippen LogP contribution in [0.1, 0.15) is 12.5 Å². The molecule has 0 amide bonds. The standard InChI is InChI=1S/C26H22N3/c1-2-27-21-14-15-23-26(18-21)29(22-11-7-4-8-12-22)25-16-13-20(17-24(25)28-23)19-9-5-3-6-10-19/h3-16,18,27-28H,2H2,1H3/q+1. The second-order valence-electron chi connectivity index (χ2n) is 7.06. The molecule has 0 spiro atoms. The van der Waals surface area contributed by atoms with Crippen LogP contribution in [0.4, 0.5) is 22.7 Å². The Morgan fingerprint density at radius 2 is 1.66 bits per heavy atom. The van der Waals surface area contributed by atoms with Gasteiger partial charge >= 0.3 is 0 Å². The van der Waals surface area contributed by atoms with Crippen LogP contribution in [0, 0.1) is 6.08 Å².